The van der Waals surface area contributed by atoms with Gasteiger partial charge in [-0.05, 0) is 12.1 Å². The maximum Gasteiger partial charge on any atom is 0.586 e. The molecular weight excluding hydrogens is 324 g/mol. The van der Waals surface area contributed by atoms with Gasteiger partial charge in [0.05, 0.1) is 5.69 Å². The topological polar surface area (TPSA) is 64.6 Å². The highest BCUT2D eigenvalue weighted by molar-refractivity contribution is 9.10. The summed E-state index contributed by atoms with van der Waals surface area (Å²) in [5.74, 6) is -0.360. The number of rotatable bonds is 3. The molecule has 0 atom stereocenters. The second-order valence-electron chi connectivity index (χ2n) is 3.15. The second kappa shape index (κ2) is 3.98. The molecule has 0 amide bonds. The Labute approximate surface area is 104 Å². The van der Waals surface area contributed by atoms with Gasteiger partial charge in [0.25, 0.3) is 0 Å². The van der Waals surface area contributed by atoms with Gasteiger partial charge in [0.1, 0.15) is 4.66 Å². The first kappa shape index (κ1) is 12.4. The first-order valence-corrected chi connectivity index (χ1v) is 7.05. The van der Waals surface area contributed by atoms with Crippen molar-refractivity contribution >= 4 is 31.6 Å². The summed E-state index contributed by atoms with van der Waals surface area (Å²) < 4.78 is 58.0. The molecule has 0 aliphatic carbocycles. The van der Waals surface area contributed by atoms with Crippen LogP contribution in [0.4, 0.5) is 14.5 Å². The Balaban J connectivity index is 2.26. The third-order valence-corrected chi connectivity index (χ3v) is 4.46. The summed E-state index contributed by atoms with van der Waals surface area (Å²) in [6.07, 6.45) is -3.71. The molecule has 0 saturated heterocycles. The number of halogens is 3. The average molecular weight is 330 g/mol. The fraction of sp³-hybridized carbons (Fsp3) is 0.250. The third-order valence-electron chi connectivity index (χ3n) is 1.82. The van der Waals surface area contributed by atoms with Gasteiger partial charge in [-0.1, -0.05) is 15.9 Å². The van der Waals surface area contributed by atoms with Gasteiger partial charge in [-0.2, -0.15) is 0 Å². The van der Waals surface area contributed by atoms with Crippen LogP contribution in [0.2, 0.25) is 0 Å². The van der Waals surface area contributed by atoms with E-state index in [0.717, 1.165) is 6.07 Å². The van der Waals surface area contributed by atoms with Crippen molar-refractivity contribution in [2.45, 2.75) is 6.29 Å². The van der Waals surface area contributed by atoms with Crippen LogP contribution in [-0.2, 0) is 10.0 Å². The molecule has 1 N–H and O–H groups in total. The van der Waals surface area contributed by atoms with Crippen LogP contribution >= 0.6 is 15.9 Å². The summed E-state index contributed by atoms with van der Waals surface area (Å²) in [5, 5.41) is 0. The molecule has 9 heteroatoms. The van der Waals surface area contributed by atoms with E-state index in [4.69, 9.17) is 0 Å². The highest BCUT2D eigenvalue weighted by Gasteiger charge is 2.43. The first-order chi connectivity index (χ1) is 7.81. The number of anilines is 1. The van der Waals surface area contributed by atoms with Crippen LogP contribution < -0.4 is 14.2 Å². The minimum atomic E-state index is -3.71. The Kier molecular flexibility index (Phi) is 2.90. The predicted octanol–water partition coefficient (Wildman–Crippen LogP) is 2.10. The van der Waals surface area contributed by atoms with Gasteiger partial charge in [0, 0.05) is 6.07 Å². The van der Waals surface area contributed by atoms with Gasteiger partial charge in [-0.25, -0.2) is 8.42 Å². The third kappa shape index (κ3) is 2.78. The number of nitrogens with one attached hydrogen (secondary N) is 1. The maximum atomic E-state index is 12.7. The molecule has 0 saturated carbocycles. The van der Waals surface area contributed by atoms with Crippen molar-refractivity contribution in [2.24, 2.45) is 0 Å². The molecular formula is C8H6BrF2NO4S. The van der Waals surface area contributed by atoms with E-state index in [2.05, 4.69) is 30.1 Å². The SMILES string of the molecule is O=S(=O)(CBr)Nc1ccc2c(c1)OC(F)(F)O2. The molecule has 1 aliphatic rings. The lowest BCUT2D eigenvalue weighted by molar-refractivity contribution is -0.286. The number of fused-ring (bicyclic) bond motifs is 1. The Morgan fingerprint density at radius 2 is 1.94 bits per heavy atom. The molecule has 94 valence electrons. The molecule has 17 heavy (non-hydrogen) atoms. The van der Waals surface area contributed by atoms with Gasteiger partial charge in [0.2, 0.25) is 10.0 Å². The van der Waals surface area contributed by atoms with Gasteiger partial charge < -0.3 is 9.47 Å². The molecule has 5 nitrogen and oxygen atoms in total. The van der Waals surface area contributed by atoms with Crippen LogP contribution in [0.1, 0.15) is 0 Å². The number of hydrogen-bond donors (Lipinski definition) is 1. The number of alkyl halides is 3. The van der Waals surface area contributed by atoms with Crippen molar-refractivity contribution in [1.29, 1.82) is 0 Å². The summed E-state index contributed by atoms with van der Waals surface area (Å²) >= 11 is 2.78. The Bertz CT molecular complexity index is 548. The van der Waals surface area contributed by atoms with Crippen LogP contribution in [0.25, 0.3) is 0 Å². The van der Waals surface area contributed by atoms with Crippen molar-refractivity contribution in [2.75, 3.05) is 9.38 Å². The largest absolute Gasteiger partial charge is 0.586 e. The fourth-order valence-corrected chi connectivity index (χ4v) is 2.10. The molecule has 0 fully saturated rings. The monoisotopic (exact) mass is 329 g/mol. The average Bonchev–Trinajstić information content (AvgIpc) is 2.50. The summed E-state index contributed by atoms with van der Waals surface area (Å²) in [5.41, 5.74) is 0.115. The number of benzene rings is 1. The van der Waals surface area contributed by atoms with Crippen molar-refractivity contribution in [3.05, 3.63) is 18.2 Å². The first-order valence-electron chi connectivity index (χ1n) is 4.28. The van der Waals surface area contributed by atoms with Gasteiger partial charge in [0.15, 0.2) is 11.5 Å². The fourth-order valence-electron chi connectivity index (χ4n) is 1.22. The Hall–Kier alpha value is -1.09. The highest BCUT2D eigenvalue weighted by Crippen LogP contribution is 2.42. The quantitative estimate of drug-likeness (QED) is 0.862. The number of hydrogen-bond acceptors (Lipinski definition) is 4. The molecule has 0 spiro atoms. The van der Waals surface area contributed by atoms with Crippen molar-refractivity contribution in [1.82, 2.24) is 0 Å². The zero-order chi connectivity index (χ0) is 12.7. The van der Waals surface area contributed by atoms with E-state index in [9.17, 15) is 17.2 Å². The van der Waals surface area contributed by atoms with Gasteiger partial charge in [-0.3, -0.25) is 4.72 Å². The number of sulfonamides is 1. The van der Waals surface area contributed by atoms with Crippen LogP contribution in [0.5, 0.6) is 11.5 Å². The predicted molar refractivity (Wildman–Crippen MR) is 59.0 cm³/mol. The minimum Gasteiger partial charge on any atom is -0.395 e. The molecule has 1 aromatic rings. The van der Waals surface area contributed by atoms with Crippen LogP contribution in [0, 0.1) is 0 Å². The van der Waals surface area contributed by atoms with E-state index >= 15 is 0 Å². The minimum absolute atomic E-state index is 0.115. The molecule has 0 aromatic heterocycles. The standard InChI is InChI=1S/C8H6BrF2NO4S/c9-4-17(13,14)12-5-1-2-6-7(3-5)16-8(10,11)15-6/h1-3,12H,4H2. The lowest BCUT2D eigenvalue weighted by Crippen LogP contribution is -2.25. The smallest absolute Gasteiger partial charge is 0.395 e. The molecule has 2 rings (SSSR count). The molecule has 0 bridgehead atoms. The maximum absolute atomic E-state index is 12.7. The zero-order valence-corrected chi connectivity index (χ0v) is 10.5. The normalized spacial score (nSPS) is 16.9. The van der Waals surface area contributed by atoms with E-state index in [0.29, 0.717) is 0 Å². The van der Waals surface area contributed by atoms with Crippen LogP contribution in [-0.4, -0.2) is 19.4 Å². The zero-order valence-electron chi connectivity index (χ0n) is 8.11. The summed E-state index contributed by atoms with van der Waals surface area (Å²) in [6.45, 7) is 0. The molecule has 1 aromatic carbocycles. The van der Waals surface area contributed by atoms with E-state index in [1.165, 1.54) is 12.1 Å². The molecule has 1 heterocycles. The summed E-state index contributed by atoms with van der Waals surface area (Å²) in [4.78, 5) is 0. The molecule has 0 radical (unpaired) electrons. The van der Waals surface area contributed by atoms with Gasteiger partial charge >= 0.3 is 6.29 Å². The Morgan fingerprint density at radius 3 is 2.59 bits per heavy atom. The second-order valence-corrected chi connectivity index (χ2v) is 6.18. The molecule has 0 unspecified atom stereocenters. The van der Waals surface area contributed by atoms with E-state index in [1.807, 2.05) is 0 Å². The lowest BCUT2D eigenvalue weighted by atomic mass is 10.3. The van der Waals surface area contributed by atoms with Crippen LogP contribution in [0.3, 0.4) is 0 Å². The van der Waals surface area contributed by atoms with E-state index < -0.39 is 16.3 Å². The van der Waals surface area contributed by atoms with Crippen LogP contribution in [0.15, 0.2) is 18.2 Å². The Morgan fingerprint density at radius 1 is 1.29 bits per heavy atom. The summed E-state index contributed by atoms with van der Waals surface area (Å²) in [6, 6.07) is 3.61. The molecule has 1 aliphatic heterocycles. The van der Waals surface area contributed by atoms with Crippen molar-refractivity contribution in [3.8, 4) is 11.5 Å². The van der Waals surface area contributed by atoms with Gasteiger partial charge in [-0.15, -0.1) is 8.78 Å². The number of ether oxygens (including phenoxy) is 2. The highest BCUT2D eigenvalue weighted by atomic mass is 79.9. The van der Waals surface area contributed by atoms with Crippen molar-refractivity contribution in [3.63, 3.8) is 0 Å². The van der Waals surface area contributed by atoms with E-state index in [-0.39, 0.29) is 21.8 Å². The van der Waals surface area contributed by atoms with Crippen molar-refractivity contribution < 1.29 is 26.7 Å². The summed E-state index contributed by atoms with van der Waals surface area (Å²) in [7, 11) is -3.54. The van der Waals surface area contributed by atoms with E-state index in [1.54, 1.807) is 0 Å². The lowest BCUT2D eigenvalue weighted by Gasteiger charge is -2.05.